The predicted octanol–water partition coefficient (Wildman–Crippen LogP) is 5.90. The van der Waals surface area contributed by atoms with E-state index in [4.69, 9.17) is 16.3 Å². The molecule has 0 saturated carbocycles. The average Bonchev–Trinajstić information content (AvgIpc) is 2.91. The molecule has 0 saturated heterocycles. The van der Waals surface area contributed by atoms with E-state index in [0.29, 0.717) is 23.7 Å². The number of anilines is 3. The molecule has 0 aliphatic carbocycles. The maximum atomic E-state index is 12.8. The number of hydrogen-bond acceptors (Lipinski definition) is 6. The second-order valence-electron chi connectivity index (χ2n) is 8.65. The molecule has 0 aromatic heterocycles. The summed E-state index contributed by atoms with van der Waals surface area (Å²) in [5, 5.41) is 2.70. The van der Waals surface area contributed by atoms with Crippen molar-refractivity contribution in [2.45, 2.75) is 23.6 Å². The Morgan fingerprint density at radius 3 is 1.88 bits per heavy atom. The predicted molar refractivity (Wildman–Crippen MR) is 156 cm³/mol. The molecule has 0 heterocycles. The summed E-state index contributed by atoms with van der Waals surface area (Å²) in [5.41, 5.74) is 1.95. The molecule has 208 valence electrons. The van der Waals surface area contributed by atoms with Gasteiger partial charge >= 0.3 is 0 Å². The van der Waals surface area contributed by atoms with Crippen molar-refractivity contribution in [3.63, 3.8) is 0 Å². The van der Waals surface area contributed by atoms with E-state index in [2.05, 4.69) is 14.8 Å². The zero-order valence-corrected chi connectivity index (χ0v) is 23.9. The number of hydrogen-bond donors (Lipinski definition) is 3. The van der Waals surface area contributed by atoms with Gasteiger partial charge in [-0.25, -0.2) is 16.8 Å². The Hall–Kier alpha value is -4.06. The van der Waals surface area contributed by atoms with Crippen molar-refractivity contribution < 1.29 is 26.4 Å². The van der Waals surface area contributed by atoms with Crippen LogP contribution in [0, 0.1) is 6.92 Å². The Balaban J connectivity index is 1.41. The minimum absolute atomic E-state index is 0.00708. The van der Waals surface area contributed by atoms with Crippen LogP contribution in [0.25, 0.3) is 0 Å². The Labute approximate surface area is 238 Å². The van der Waals surface area contributed by atoms with Crippen LogP contribution in [0.2, 0.25) is 5.02 Å². The fourth-order valence-corrected chi connectivity index (χ4v) is 6.00. The maximum Gasteiger partial charge on any atom is 0.261 e. The van der Waals surface area contributed by atoms with Crippen molar-refractivity contribution >= 4 is 54.6 Å². The van der Waals surface area contributed by atoms with E-state index in [1.54, 1.807) is 36.4 Å². The fraction of sp³-hybridized carbons (Fsp3) is 0.107. The largest absolute Gasteiger partial charge is 0.494 e. The molecule has 0 atom stereocenters. The van der Waals surface area contributed by atoms with Gasteiger partial charge in [-0.05, 0) is 92.7 Å². The van der Waals surface area contributed by atoms with Gasteiger partial charge in [0.1, 0.15) is 5.75 Å². The molecule has 0 spiro atoms. The van der Waals surface area contributed by atoms with Crippen LogP contribution < -0.4 is 19.5 Å². The van der Waals surface area contributed by atoms with Crippen molar-refractivity contribution in [2.75, 3.05) is 21.4 Å². The van der Waals surface area contributed by atoms with Gasteiger partial charge in [-0.1, -0.05) is 29.3 Å². The Bertz CT molecular complexity index is 1720. The SMILES string of the molecule is CCOc1ccc(NS(=O)(=O)c2ccc(NC(=O)c3ccc(NS(=O)(=O)c4ccc(C)cc4)c(Cl)c3)cc2)cc1. The number of carbonyl (C=O) groups excluding carboxylic acids is 1. The number of rotatable bonds is 10. The first-order valence-corrected chi connectivity index (χ1v) is 15.4. The summed E-state index contributed by atoms with van der Waals surface area (Å²) >= 11 is 6.27. The number of nitrogens with one attached hydrogen (secondary N) is 3. The highest BCUT2D eigenvalue weighted by Crippen LogP contribution is 2.27. The number of carbonyl (C=O) groups is 1. The highest BCUT2D eigenvalue weighted by Gasteiger charge is 2.18. The lowest BCUT2D eigenvalue weighted by atomic mass is 10.2. The molecular weight excluding hydrogens is 574 g/mol. The molecule has 0 bridgehead atoms. The van der Waals surface area contributed by atoms with E-state index in [9.17, 15) is 21.6 Å². The Morgan fingerprint density at radius 1 is 0.750 bits per heavy atom. The normalized spacial score (nSPS) is 11.5. The first kappa shape index (κ1) is 28.9. The van der Waals surface area contributed by atoms with Crippen LogP contribution in [0.5, 0.6) is 5.75 Å². The number of halogens is 1. The zero-order chi connectivity index (χ0) is 28.9. The summed E-state index contributed by atoms with van der Waals surface area (Å²) in [6.45, 7) is 4.21. The van der Waals surface area contributed by atoms with E-state index < -0.39 is 26.0 Å². The molecule has 4 aromatic carbocycles. The number of sulfonamides is 2. The highest BCUT2D eigenvalue weighted by atomic mass is 35.5. The number of benzene rings is 4. The lowest BCUT2D eigenvalue weighted by Gasteiger charge is -2.12. The van der Waals surface area contributed by atoms with Gasteiger partial charge in [0.2, 0.25) is 0 Å². The molecule has 0 aliphatic rings. The second kappa shape index (κ2) is 12.0. The molecule has 0 unspecified atom stereocenters. The summed E-state index contributed by atoms with van der Waals surface area (Å²) < 4.78 is 61.1. The van der Waals surface area contributed by atoms with Crippen LogP contribution in [0.3, 0.4) is 0 Å². The highest BCUT2D eigenvalue weighted by molar-refractivity contribution is 7.93. The first-order chi connectivity index (χ1) is 19.0. The minimum Gasteiger partial charge on any atom is -0.494 e. The maximum absolute atomic E-state index is 12.8. The molecule has 0 fully saturated rings. The molecule has 9 nitrogen and oxygen atoms in total. The van der Waals surface area contributed by atoms with Crippen LogP contribution in [0.15, 0.2) is 101 Å². The Kier molecular flexibility index (Phi) is 8.67. The smallest absolute Gasteiger partial charge is 0.261 e. The molecule has 40 heavy (non-hydrogen) atoms. The molecule has 0 aliphatic heterocycles. The van der Waals surface area contributed by atoms with E-state index in [1.807, 2.05) is 13.8 Å². The lowest BCUT2D eigenvalue weighted by Crippen LogP contribution is -2.15. The van der Waals surface area contributed by atoms with Gasteiger partial charge < -0.3 is 10.1 Å². The van der Waals surface area contributed by atoms with Crippen LogP contribution in [0.1, 0.15) is 22.8 Å². The number of amides is 1. The van der Waals surface area contributed by atoms with Crippen LogP contribution >= 0.6 is 11.6 Å². The van der Waals surface area contributed by atoms with Gasteiger partial charge in [-0.2, -0.15) is 0 Å². The van der Waals surface area contributed by atoms with E-state index in [0.717, 1.165) is 5.56 Å². The van der Waals surface area contributed by atoms with Gasteiger partial charge in [-0.15, -0.1) is 0 Å². The molecule has 4 rings (SSSR count). The molecule has 4 aromatic rings. The number of ether oxygens (including phenoxy) is 1. The van der Waals surface area contributed by atoms with Gasteiger partial charge in [0, 0.05) is 16.9 Å². The topological polar surface area (TPSA) is 131 Å². The van der Waals surface area contributed by atoms with Crippen molar-refractivity contribution in [2.24, 2.45) is 0 Å². The van der Waals surface area contributed by atoms with Crippen molar-refractivity contribution in [1.82, 2.24) is 0 Å². The summed E-state index contributed by atoms with van der Waals surface area (Å²) in [6.07, 6.45) is 0. The van der Waals surface area contributed by atoms with Crippen molar-refractivity contribution in [3.8, 4) is 5.75 Å². The number of aryl methyl sites for hydroxylation is 1. The van der Waals surface area contributed by atoms with Crippen molar-refractivity contribution in [1.29, 1.82) is 0 Å². The fourth-order valence-electron chi connectivity index (χ4n) is 3.58. The van der Waals surface area contributed by atoms with E-state index >= 15 is 0 Å². The monoisotopic (exact) mass is 599 g/mol. The van der Waals surface area contributed by atoms with Crippen LogP contribution in [-0.4, -0.2) is 29.3 Å². The quantitative estimate of drug-likeness (QED) is 0.208. The third kappa shape index (κ3) is 7.12. The summed E-state index contributed by atoms with van der Waals surface area (Å²) in [6, 6.07) is 22.7. The van der Waals surface area contributed by atoms with E-state index in [1.165, 1.54) is 54.6 Å². The van der Waals surface area contributed by atoms with Gasteiger partial charge in [-0.3, -0.25) is 14.2 Å². The standard InChI is InChI=1S/C28H26ClN3O6S2/c1-3-38-23-11-7-22(8-12-23)31-39(34,35)25-15-9-21(10-16-25)30-28(33)20-6-17-27(26(29)18-20)32-40(36,37)24-13-4-19(2)5-14-24/h4-18,31-32H,3H2,1-2H3,(H,30,33). The van der Waals surface area contributed by atoms with Crippen LogP contribution in [0.4, 0.5) is 17.1 Å². The molecular formula is C28H26ClN3O6S2. The van der Waals surface area contributed by atoms with Crippen LogP contribution in [-0.2, 0) is 20.0 Å². The third-order valence-corrected chi connectivity index (χ3v) is 8.74. The third-order valence-electron chi connectivity index (χ3n) is 5.65. The van der Waals surface area contributed by atoms with Gasteiger partial charge in [0.15, 0.2) is 0 Å². The first-order valence-electron chi connectivity index (χ1n) is 12.0. The average molecular weight is 600 g/mol. The Morgan fingerprint density at radius 2 is 1.30 bits per heavy atom. The molecule has 12 heteroatoms. The van der Waals surface area contributed by atoms with Gasteiger partial charge in [0.05, 0.1) is 27.1 Å². The molecule has 3 N–H and O–H groups in total. The second-order valence-corrected chi connectivity index (χ2v) is 12.4. The molecule has 0 radical (unpaired) electrons. The molecule has 1 amide bonds. The summed E-state index contributed by atoms with van der Waals surface area (Å²) in [5.74, 6) is 0.114. The van der Waals surface area contributed by atoms with Crippen molar-refractivity contribution in [3.05, 3.63) is 107 Å². The van der Waals surface area contributed by atoms with E-state index in [-0.39, 0.29) is 26.1 Å². The zero-order valence-electron chi connectivity index (χ0n) is 21.5. The summed E-state index contributed by atoms with van der Waals surface area (Å²) in [4.78, 5) is 12.9. The minimum atomic E-state index is -3.87. The van der Waals surface area contributed by atoms with Gasteiger partial charge in [0.25, 0.3) is 26.0 Å². The summed E-state index contributed by atoms with van der Waals surface area (Å²) in [7, 11) is -7.73. The lowest BCUT2D eigenvalue weighted by molar-refractivity contribution is 0.102.